The number of Topliss-reactive ketones (excluding diaryl/α,β-unsaturated/α-hetero) is 1. The van der Waals surface area contributed by atoms with E-state index >= 15 is 0 Å². The van der Waals surface area contributed by atoms with Gasteiger partial charge in [-0.2, -0.15) is 4.31 Å². The molecule has 33 heavy (non-hydrogen) atoms. The number of piperidine rings is 1. The molecule has 1 fully saturated rings. The fourth-order valence-corrected chi connectivity index (χ4v) is 5.60. The van der Waals surface area contributed by atoms with Crippen LogP contribution in [0.25, 0.3) is 0 Å². The predicted octanol–water partition coefficient (Wildman–Crippen LogP) is 3.43. The molecule has 0 aliphatic carbocycles. The molecule has 0 bridgehead atoms. The van der Waals surface area contributed by atoms with Crippen LogP contribution in [0.1, 0.15) is 46.9 Å². The molecule has 1 aliphatic rings. The maximum Gasteiger partial charge on any atom is 0.254 e. The third-order valence-corrected chi connectivity index (χ3v) is 7.73. The van der Waals surface area contributed by atoms with E-state index in [4.69, 9.17) is 11.6 Å². The van der Waals surface area contributed by atoms with E-state index in [0.29, 0.717) is 36.1 Å². The SMILES string of the molecule is CC(=O)c1ccc(S(=O)(=O)N2CCCCC2C(=O)Nc2ccc(C(=O)N(C)C)c(Cl)c2)cc1. The van der Waals surface area contributed by atoms with Crippen molar-refractivity contribution in [1.29, 1.82) is 0 Å². The summed E-state index contributed by atoms with van der Waals surface area (Å²) in [6.07, 6.45) is 1.73. The third-order valence-electron chi connectivity index (χ3n) is 5.50. The van der Waals surface area contributed by atoms with Crippen molar-refractivity contribution in [1.82, 2.24) is 9.21 Å². The van der Waals surface area contributed by atoms with Gasteiger partial charge in [0.1, 0.15) is 6.04 Å². The van der Waals surface area contributed by atoms with Crippen LogP contribution in [-0.2, 0) is 14.8 Å². The molecule has 1 atom stereocenters. The number of hydrogen-bond donors (Lipinski definition) is 1. The van der Waals surface area contributed by atoms with Crippen LogP contribution in [0.4, 0.5) is 5.69 Å². The highest BCUT2D eigenvalue weighted by atomic mass is 35.5. The molecule has 1 aliphatic heterocycles. The van der Waals surface area contributed by atoms with Crippen LogP contribution in [0.3, 0.4) is 0 Å². The zero-order valence-corrected chi connectivity index (χ0v) is 20.2. The van der Waals surface area contributed by atoms with Crippen LogP contribution in [0.2, 0.25) is 5.02 Å². The van der Waals surface area contributed by atoms with Crippen LogP contribution >= 0.6 is 11.6 Å². The monoisotopic (exact) mass is 491 g/mol. The summed E-state index contributed by atoms with van der Waals surface area (Å²) in [6, 6.07) is 9.36. The zero-order chi connectivity index (χ0) is 24.3. The number of halogens is 1. The number of ketones is 1. The normalized spacial score (nSPS) is 16.8. The number of amides is 2. The Morgan fingerprint density at radius 2 is 1.73 bits per heavy atom. The lowest BCUT2D eigenvalue weighted by molar-refractivity contribution is -0.120. The van der Waals surface area contributed by atoms with E-state index in [-0.39, 0.29) is 28.2 Å². The van der Waals surface area contributed by atoms with Gasteiger partial charge in [0.15, 0.2) is 5.78 Å². The summed E-state index contributed by atoms with van der Waals surface area (Å²) in [6.45, 7) is 1.62. The number of carbonyl (C=O) groups excluding carboxylic acids is 3. The average Bonchev–Trinajstić information content (AvgIpc) is 2.78. The molecule has 1 N–H and O–H groups in total. The maximum atomic E-state index is 13.3. The van der Waals surface area contributed by atoms with E-state index in [0.717, 1.165) is 0 Å². The second-order valence-corrected chi connectivity index (χ2v) is 10.4. The van der Waals surface area contributed by atoms with Gasteiger partial charge >= 0.3 is 0 Å². The molecular formula is C23H26ClN3O5S. The lowest BCUT2D eigenvalue weighted by Crippen LogP contribution is -2.49. The minimum Gasteiger partial charge on any atom is -0.345 e. The number of benzene rings is 2. The predicted molar refractivity (Wildman–Crippen MR) is 126 cm³/mol. The van der Waals surface area contributed by atoms with Crippen molar-refractivity contribution in [2.45, 2.75) is 37.1 Å². The van der Waals surface area contributed by atoms with Gasteiger partial charge < -0.3 is 10.2 Å². The highest BCUT2D eigenvalue weighted by molar-refractivity contribution is 7.89. The lowest BCUT2D eigenvalue weighted by atomic mass is 10.0. The number of rotatable bonds is 6. The molecule has 0 aromatic heterocycles. The highest BCUT2D eigenvalue weighted by Crippen LogP contribution is 2.28. The number of nitrogens with zero attached hydrogens (tertiary/aromatic N) is 2. The smallest absolute Gasteiger partial charge is 0.254 e. The van der Waals surface area contributed by atoms with Gasteiger partial charge in [-0.1, -0.05) is 30.2 Å². The van der Waals surface area contributed by atoms with E-state index in [9.17, 15) is 22.8 Å². The first-order chi connectivity index (χ1) is 15.5. The second kappa shape index (κ2) is 10.0. The number of sulfonamides is 1. The molecule has 2 aromatic carbocycles. The Bertz CT molecular complexity index is 1180. The number of hydrogen-bond acceptors (Lipinski definition) is 5. The van der Waals surface area contributed by atoms with E-state index in [1.807, 2.05) is 0 Å². The quantitative estimate of drug-likeness (QED) is 0.623. The van der Waals surface area contributed by atoms with Crippen molar-refractivity contribution in [2.75, 3.05) is 26.0 Å². The number of carbonyl (C=O) groups is 3. The van der Waals surface area contributed by atoms with Gasteiger partial charge in [0.2, 0.25) is 15.9 Å². The van der Waals surface area contributed by atoms with Crippen LogP contribution < -0.4 is 5.32 Å². The summed E-state index contributed by atoms with van der Waals surface area (Å²) in [5, 5.41) is 2.91. The number of anilines is 1. The standard InChI is InChI=1S/C23H26ClN3O5S/c1-15(28)16-7-10-18(11-8-16)33(31,32)27-13-5-4-6-21(27)22(29)25-17-9-12-19(20(24)14-17)23(30)26(2)3/h7-12,14,21H,4-6,13H2,1-3H3,(H,25,29). The lowest BCUT2D eigenvalue weighted by Gasteiger charge is -2.33. The molecule has 2 amide bonds. The zero-order valence-electron chi connectivity index (χ0n) is 18.7. The van der Waals surface area contributed by atoms with E-state index in [1.165, 1.54) is 52.5 Å². The minimum atomic E-state index is -3.94. The summed E-state index contributed by atoms with van der Waals surface area (Å²) in [7, 11) is -0.719. The van der Waals surface area contributed by atoms with Crippen molar-refractivity contribution < 1.29 is 22.8 Å². The van der Waals surface area contributed by atoms with Gasteiger partial charge in [-0.25, -0.2) is 8.42 Å². The molecule has 2 aromatic rings. The fourth-order valence-electron chi connectivity index (χ4n) is 3.68. The molecule has 176 valence electrons. The Kier molecular flexibility index (Phi) is 7.56. The molecule has 1 unspecified atom stereocenters. The average molecular weight is 492 g/mol. The molecule has 1 saturated heterocycles. The van der Waals surface area contributed by atoms with Crippen molar-refractivity contribution in [2.24, 2.45) is 0 Å². The first-order valence-electron chi connectivity index (χ1n) is 10.5. The molecule has 8 nitrogen and oxygen atoms in total. The molecule has 0 radical (unpaired) electrons. The van der Waals surface area contributed by atoms with Crippen LogP contribution in [0.5, 0.6) is 0 Å². The molecule has 0 saturated carbocycles. The second-order valence-electron chi connectivity index (χ2n) is 8.09. The Hall–Kier alpha value is -2.75. The van der Waals surface area contributed by atoms with Crippen molar-refractivity contribution in [3.8, 4) is 0 Å². The van der Waals surface area contributed by atoms with Crippen LogP contribution in [0.15, 0.2) is 47.4 Å². The van der Waals surface area contributed by atoms with Gasteiger partial charge in [-0.05, 0) is 50.1 Å². The van der Waals surface area contributed by atoms with Crippen molar-refractivity contribution in [3.05, 3.63) is 58.6 Å². The summed E-state index contributed by atoms with van der Waals surface area (Å²) in [4.78, 5) is 38.1. The first-order valence-corrected chi connectivity index (χ1v) is 12.3. The summed E-state index contributed by atoms with van der Waals surface area (Å²) in [5.41, 5.74) is 1.08. The van der Waals surface area contributed by atoms with Gasteiger partial charge in [-0.15, -0.1) is 0 Å². The number of nitrogens with one attached hydrogen (secondary N) is 1. The Labute approximate surface area is 198 Å². The van der Waals surface area contributed by atoms with Crippen molar-refractivity contribution >= 4 is 44.9 Å². The van der Waals surface area contributed by atoms with Crippen LogP contribution in [-0.4, -0.2) is 61.9 Å². The molecular weight excluding hydrogens is 466 g/mol. The van der Waals surface area contributed by atoms with Gasteiger partial charge in [0, 0.05) is 31.9 Å². The fraction of sp³-hybridized carbons (Fsp3) is 0.348. The van der Waals surface area contributed by atoms with Gasteiger partial charge in [-0.3, -0.25) is 14.4 Å². The first kappa shape index (κ1) is 24.9. The Balaban J connectivity index is 1.82. The maximum absolute atomic E-state index is 13.3. The van der Waals surface area contributed by atoms with E-state index < -0.39 is 22.0 Å². The Morgan fingerprint density at radius 1 is 1.06 bits per heavy atom. The molecule has 10 heteroatoms. The molecule has 1 heterocycles. The molecule has 3 rings (SSSR count). The summed E-state index contributed by atoms with van der Waals surface area (Å²) in [5.74, 6) is -0.897. The van der Waals surface area contributed by atoms with E-state index in [1.54, 1.807) is 20.2 Å². The molecule has 0 spiro atoms. The largest absolute Gasteiger partial charge is 0.345 e. The third kappa shape index (κ3) is 5.43. The summed E-state index contributed by atoms with van der Waals surface area (Å²) >= 11 is 6.22. The summed E-state index contributed by atoms with van der Waals surface area (Å²) < 4.78 is 27.8. The van der Waals surface area contributed by atoms with Gasteiger partial charge in [0.05, 0.1) is 15.5 Å². The highest BCUT2D eigenvalue weighted by Gasteiger charge is 2.37. The Morgan fingerprint density at radius 3 is 2.30 bits per heavy atom. The topological polar surface area (TPSA) is 104 Å². The van der Waals surface area contributed by atoms with Crippen LogP contribution in [0, 0.1) is 0 Å². The minimum absolute atomic E-state index is 0.0294. The van der Waals surface area contributed by atoms with Gasteiger partial charge in [0.25, 0.3) is 5.91 Å². The van der Waals surface area contributed by atoms with Crippen molar-refractivity contribution in [3.63, 3.8) is 0 Å². The van der Waals surface area contributed by atoms with E-state index in [2.05, 4.69) is 5.32 Å².